The first-order chi connectivity index (χ1) is 27.5. The first-order valence-electron chi connectivity index (χ1n) is 19.4. The van der Waals surface area contributed by atoms with E-state index in [1.54, 1.807) is 67.9 Å². The molecule has 10 rings (SSSR count). The fourth-order valence-corrected chi connectivity index (χ4v) is 9.00. The van der Waals surface area contributed by atoms with E-state index in [4.69, 9.17) is 9.84 Å². The molecular weight excluding hydrogens is 728 g/mol. The summed E-state index contributed by atoms with van der Waals surface area (Å²) in [5, 5.41) is 21.6. The van der Waals surface area contributed by atoms with Crippen LogP contribution in [0.15, 0.2) is 78.0 Å². The molecule has 14 heteroatoms. The number of fused-ring (bicyclic) bond motifs is 3. The molecule has 0 bridgehead atoms. The van der Waals surface area contributed by atoms with Crippen LogP contribution in [0.3, 0.4) is 0 Å². The molecule has 3 aliphatic rings. The molecule has 13 nitrogen and oxygen atoms in total. The molecule has 2 fully saturated rings. The molecule has 1 saturated carbocycles. The van der Waals surface area contributed by atoms with Crippen molar-refractivity contribution in [2.24, 2.45) is 7.05 Å². The number of carboxylic acid groups (broad SMARTS) is 1. The molecule has 7 aromatic rings. The summed E-state index contributed by atoms with van der Waals surface area (Å²) in [6.45, 7) is 5.55. The Labute approximate surface area is 326 Å². The van der Waals surface area contributed by atoms with Crippen LogP contribution in [0.25, 0.3) is 44.4 Å². The van der Waals surface area contributed by atoms with Crippen molar-refractivity contribution in [2.75, 3.05) is 19.8 Å². The summed E-state index contributed by atoms with van der Waals surface area (Å²) in [5.74, 6) is -1.22. The maximum Gasteiger partial charge on any atom is 0.337 e. The van der Waals surface area contributed by atoms with Crippen molar-refractivity contribution in [1.29, 1.82) is 0 Å². The number of benzene rings is 3. The lowest BCUT2D eigenvalue weighted by atomic mass is 9.91. The highest BCUT2D eigenvalue weighted by atomic mass is 19.1. The van der Waals surface area contributed by atoms with Crippen molar-refractivity contribution in [2.45, 2.75) is 64.1 Å². The Morgan fingerprint density at radius 3 is 2.39 bits per heavy atom. The van der Waals surface area contributed by atoms with Crippen molar-refractivity contribution in [3.05, 3.63) is 118 Å². The summed E-state index contributed by atoms with van der Waals surface area (Å²) < 4.78 is 29.0. The summed E-state index contributed by atoms with van der Waals surface area (Å²) in [6, 6.07) is 17.1. The Hall–Kier alpha value is -6.28. The number of aryl methyl sites for hydroxylation is 3. The van der Waals surface area contributed by atoms with E-state index in [0.29, 0.717) is 90.2 Å². The first kappa shape index (κ1) is 35.2. The minimum atomic E-state index is -1.20. The molecule has 1 N–H and O–H groups in total. The van der Waals surface area contributed by atoms with Crippen LogP contribution in [0, 0.1) is 19.7 Å². The van der Waals surface area contributed by atoms with Gasteiger partial charge in [-0.2, -0.15) is 10.2 Å². The number of aromatic nitrogens is 7. The molecule has 0 atom stereocenters. The topological polar surface area (TPSA) is 134 Å². The van der Waals surface area contributed by atoms with Gasteiger partial charge in [-0.25, -0.2) is 14.0 Å². The van der Waals surface area contributed by atoms with Crippen LogP contribution in [-0.2, 0) is 35.2 Å². The monoisotopic (exact) mass is 768 g/mol. The highest BCUT2D eigenvalue weighted by molar-refractivity contribution is 6.01. The molecule has 3 aromatic carbocycles. The third-order valence-electron chi connectivity index (χ3n) is 12.3. The second-order valence-electron chi connectivity index (χ2n) is 15.8. The summed E-state index contributed by atoms with van der Waals surface area (Å²) in [7, 11) is 1.86. The van der Waals surface area contributed by atoms with Crippen LogP contribution in [0.4, 0.5) is 4.39 Å². The summed E-state index contributed by atoms with van der Waals surface area (Å²) >= 11 is 0. The van der Waals surface area contributed by atoms with Gasteiger partial charge in [0.1, 0.15) is 28.4 Å². The van der Waals surface area contributed by atoms with Crippen LogP contribution in [0.1, 0.15) is 64.5 Å². The Kier molecular flexibility index (Phi) is 7.94. The highest BCUT2D eigenvalue weighted by Gasteiger charge is 2.54. The number of imidazole rings is 1. The number of carboxylic acids is 1. The molecule has 290 valence electrons. The van der Waals surface area contributed by atoms with Crippen molar-refractivity contribution in [1.82, 2.24) is 38.2 Å². The van der Waals surface area contributed by atoms with Crippen LogP contribution in [-0.4, -0.2) is 74.9 Å². The number of amides is 1. The van der Waals surface area contributed by atoms with Gasteiger partial charge in [-0.3, -0.25) is 23.3 Å². The summed E-state index contributed by atoms with van der Waals surface area (Å²) in [4.78, 5) is 43.8. The molecule has 4 aromatic heterocycles. The number of hydrogen-bond donors (Lipinski definition) is 1. The third-order valence-corrected chi connectivity index (χ3v) is 12.3. The molecule has 1 saturated heterocycles. The van der Waals surface area contributed by atoms with E-state index in [1.807, 2.05) is 42.1 Å². The van der Waals surface area contributed by atoms with E-state index < -0.39 is 11.5 Å². The first-order valence-corrected chi connectivity index (χ1v) is 19.4. The number of carbonyl (C=O) groups excluding carboxylic acids is 1. The molecule has 0 radical (unpaired) electrons. The number of nitrogens with zero attached hydrogens (tertiary/aromatic N) is 8. The van der Waals surface area contributed by atoms with E-state index in [2.05, 4.69) is 17.2 Å². The average Bonchev–Trinajstić information content (AvgIpc) is 3.44. The second-order valence-corrected chi connectivity index (χ2v) is 15.8. The standard InChI is InChI=1S/C43H41FN8O5/c1-25-18-30(19-26(2)37(25)44)38-39(50-14-13-49(42(50)56)32-5-7-33-31(21-32)23-45-47(33)3)36-24-48(12-15-51(36)46-38)40(53)35-22-29-20-28(27-8-16-57-17-9-27)4-6-34(29)52(35)43(10-11-43)41(54)55/h4-7,13-14,18-23,27H,8-12,15-17,24H2,1-3H3,(H,54,55). The van der Waals surface area contributed by atoms with Gasteiger partial charge in [-0.15, -0.1) is 0 Å². The van der Waals surface area contributed by atoms with Crippen LogP contribution >= 0.6 is 0 Å². The lowest BCUT2D eigenvalue weighted by Crippen LogP contribution is -2.41. The van der Waals surface area contributed by atoms with E-state index >= 15 is 0 Å². The largest absolute Gasteiger partial charge is 0.479 e. The van der Waals surface area contributed by atoms with Gasteiger partial charge in [-0.1, -0.05) is 6.07 Å². The zero-order valence-corrected chi connectivity index (χ0v) is 31.9. The van der Waals surface area contributed by atoms with Gasteiger partial charge in [0.2, 0.25) is 0 Å². The van der Waals surface area contributed by atoms with Crippen LogP contribution in [0.2, 0.25) is 0 Å². The molecular formula is C43H41FN8O5. The number of carbonyl (C=O) groups is 2. The number of halogens is 1. The third kappa shape index (κ3) is 5.48. The Morgan fingerprint density at radius 1 is 0.912 bits per heavy atom. The Bertz CT molecular complexity index is 2840. The number of aliphatic carboxylic acids is 1. The quantitative estimate of drug-likeness (QED) is 0.204. The fourth-order valence-electron chi connectivity index (χ4n) is 9.00. The van der Waals surface area contributed by atoms with Gasteiger partial charge < -0.3 is 19.3 Å². The Balaban J connectivity index is 1.08. The van der Waals surface area contributed by atoms with Crippen molar-refractivity contribution in [3.63, 3.8) is 0 Å². The minimum Gasteiger partial charge on any atom is -0.479 e. The van der Waals surface area contributed by atoms with E-state index in [-0.39, 0.29) is 24.0 Å². The number of rotatable bonds is 7. The fraction of sp³-hybridized carbons (Fsp3) is 0.326. The second kappa shape index (κ2) is 12.9. The normalized spacial score (nSPS) is 16.7. The van der Waals surface area contributed by atoms with E-state index in [1.165, 1.54) is 0 Å². The van der Waals surface area contributed by atoms with E-state index in [0.717, 1.165) is 40.2 Å². The van der Waals surface area contributed by atoms with Gasteiger partial charge in [0.15, 0.2) is 0 Å². The van der Waals surface area contributed by atoms with Gasteiger partial charge >= 0.3 is 11.7 Å². The smallest absolute Gasteiger partial charge is 0.337 e. The molecule has 0 unspecified atom stereocenters. The average molecular weight is 769 g/mol. The van der Waals surface area contributed by atoms with Gasteiger partial charge in [0, 0.05) is 61.1 Å². The lowest BCUT2D eigenvalue weighted by molar-refractivity contribution is -0.142. The molecule has 0 spiro atoms. The molecule has 1 aliphatic carbocycles. The zero-order chi connectivity index (χ0) is 39.3. The van der Waals surface area contributed by atoms with Gasteiger partial charge in [0.05, 0.1) is 36.2 Å². The van der Waals surface area contributed by atoms with Crippen molar-refractivity contribution < 1.29 is 23.8 Å². The predicted octanol–water partition coefficient (Wildman–Crippen LogP) is 6.21. The predicted molar refractivity (Wildman–Crippen MR) is 211 cm³/mol. The zero-order valence-electron chi connectivity index (χ0n) is 31.9. The van der Waals surface area contributed by atoms with Crippen LogP contribution < -0.4 is 5.69 Å². The molecule has 2 aliphatic heterocycles. The van der Waals surface area contributed by atoms with Gasteiger partial charge in [-0.05, 0) is 111 Å². The molecule has 57 heavy (non-hydrogen) atoms. The van der Waals surface area contributed by atoms with Gasteiger partial charge in [0.25, 0.3) is 5.91 Å². The van der Waals surface area contributed by atoms with Crippen LogP contribution in [0.5, 0.6) is 0 Å². The maximum absolute atomic E-state index is 14.9. The van der Waals surface area contributed by atoms with Crippen molar-refractivity contribution >= 4 is 33.7 Å². The number of hydrogen-bond acceptors (Lipinski definition) is 6. The SMILES string of the molecule is Cc1cc(-c2nn3c(c2-n2ccn(-c4ccc5c(cnn5C)c4)c2=O)CN(C(=O)c2cc4cc(C5CCOCC5)ccc4n2C2(C(=O)O)CC2)CC3)cc(C)c1F. The molecule has 6 heterocycles. The number of ether oxygens (including phenoxy) is 1. The summed E-state index contributed by atoms with van der Waals surface area (Å²) in [5.41, 5.74) is 5.43. The minimum absolute atomic E-state index is 0.106. The van der Waals surface area contributed by atoms with E-state index in [9.17, 15) is 23.9 Å². The Morgan fingerprint density at radius 2 is 1.65 bits per heavy atom. The lowest BCUT2D eigenvalue weighted by Gasteiger charge is -2.29. The molecule has 1 amide bonds. The highest BCUT2D eigenvalue weighted by Crippen LogP contribution is 2.48. The summed E-state index contributed by atoms with van der Waals surface area (Å²) in [6.07, 6.45) is 7.83. The maximum atomic E-state index is 14.9. The van der Waals surface area contributed by atoms with Crippen molar-refractivity contribution in [3.8, 4) is 22.6 Å².